The average molecular weight is 386 g/mol. The van der Waals surface area contributed by atoms with E-state index >= 15 is 0 Å². The van der Waals surface area contributed by atoms with Gasteiger partial charge in [-0.1, -0.05) is 20.8 Å². The Hall–Kier alpha value is -0.360. The molecule has 0 bridgehead atoms. The van der Waals surface area contributed by atoms with Crippen molar-refractivity contribution in [1.82, 2.24) is 0 Å². The largest absolute Gasteiger partial charge is 0.394 e. The number of methoxy groups -OCH3 is 1. The van der Waals surface area contributed by atoms with Crippen molar-refractivity contribution in [2.75, 3.05) is 46.8 Å². The maximum absolute atomic E-state index is 9.13. The van der Waals surface area contributed by atoms with Crippen LogP contribution in [0.2, 0.25) is 0 Å². The summed E-state index contributed by atoms with van der Waals surface area (Å²) in [7, 11) is 1.33. The quantitative estimate of drug-likeness (QED) is 0.207. The smallest absolute Gasteiger partial charge is 0.215 e. The molecule has 0 spiro atoms. The third-order valence-electron chi connectivity index (χ3n) is 4.30. The van der Waals surface area contributed by atoms with Crippen molar-refractivity contribution in [3.05, 3.63) is 0 Å². The molecule has 0 aromatic rings. The van der Waals surface area contributed by atoms with Gasteiger partial charge in [-0.25, -0.2) is 0 Å². The van der Waals surface area contributed by atoms with Crippen LogP contribution in [-0.2, 0) is 14.2 Å². The van der Waals surface area contributed by atoms with Gasteiger partial charge >= 0.3 is 0 Å². The molecule has 1 atom stereocenters. The first-order valence-electron chi connectivity index (χ1n) is 8.91. The van der Waals surface area contributed by atoms with Crippen molar-refractivity contribution in [3.63, 3.8) is 0 Å². The maximum Gasteiger partial charge on any atom is 0.215 e. The van der Waals surface area contributed by atoms with Crippen molar-refractivity contribution < 1.29 is 44.8 Å². The zero-order chi connectivity index (χ0) is 20.6. The van der Waals surface area contributed by atoms with E-state index in [9.17, 15) is 0 Å². The van der Waals surface area contributed by atoms with E-state index < -0.39 is 36.8 Å². The van der Waals surface area contributed by atoms with Crippen LogP contribution in [0.5, 0.6) is 0 Å². The summed E-state index contributed by atoms with van der Waals surface area (Å²) < 4.78 is 15.5. The fraction of sp³-hybridized carbons (Fsp3) is 1.00. The summed E-state index contributed by atoms with van der Waals surface area (Å²) in [6.45, 7) is 4.05. The minimum atomic E-state index is -1.40. The van der Waals surface area contributed by atoms with E-state index in [1.807, 2.05) is 20.8 Å². The third-order valence-corrected chi connectivity index (χ3v) is 4.30. The molecular weight excluding hydrogens is 348 g/mol. The highest BCUT2D eigenvalue weighted by Crippen LogP contribution is 2.21. The fourth-order valence-electron chi connectivity index (χ4n) is 2.02. The minimum Gasteiger partial charge on any atom is -0.394 e. The number of hydrogen-bond donors (Lipinski definition) is 6. The number of hydrogen-bond acceptors (Lipinski definition) is 9. The fourth-order valence-corrected chi connectivity index (χ4v) is 2.02. The van der Waals surface area contributed by atoms with E-state index in [0.29, 0.717) is 19.3 Å². The summed E-state index contributed by atoms with van der Waals surface area (Å²) in [5.74, 6) is -1.40. The second-order valence-electron chi connectivity index (χ2n) is 5.91. The van der Waals surface area contributed by atoms with Gasteiger partial charge in [0.1, 0.15) is 6.10 Å². The lowest BCUT2D eigenvalue weighted by Gasteiger charge is -2.33. The molecule has 0 aliphatic carbocycles. The molecule has 0 aliphatic heterocycles. The Bertz CT molecular complexity index is 252. The van der Waals surface area contributed by atoms with Crippen LogP contribution >= 0.6 is 0 Å². The number of aliphatic hydroxyl groups excluding tert-OH is 6. The molecule has 9 nitrogen and oxygen atoms in total. The number of aliphatic hydroxyl groups is 6. The predicted molar refractivity (Wildman–Crippen MR) is 95.6 cm³/mol. The standard InChI is InChI=1S/C9H20O4.C8H18O5/c1-3-9(4-2,7-12)13-8(5-10)6-11;1-3-7(4-9)13-8(5-10,6-11)12-2/h8,10-12H,3-7H2,1-2H3;7,9-11H,3-6H2,1-2H3. The Morgan fingerprint density at radius 3 is 1.38 bits per heavy atom. The predicted octanol–water partition coefficient (Wildman–Crippen LogP) is -0.991. The molecule has 0 aromatic heterocycles. The van der Waals surface area contributed by atoms with Crippen LogP contribution in [0.15, 0.2) is 0 Å². The Kier molecular flexibility index (Phi) is 16.8. The highest BCUT2D eigenvalue weighted by molar-refractivity contribution is 4.78. The average Bonchev–Trinajstić information content (AvgIpc) is 2.72. The van der Waals surface area contributed by atoms with Gasteiger partial charge in [0.15, 0.2) is 0 Å². The highest BCUT2D eigenvalue weighted by atomic mass is 16.7. The van der Waals surface area contributed by atoms with Crippen LogP contribution in [-0.4, -0.2) is 101 Å². The molecule has 26 heavy (non-hydrogen) atoms. The van der Waals surface area contributed by atoms with Crippen LogP contribution in [0.25, 0.3) is 0 Å². The molecule has 9 heteroatoms. The first kappa shape index (κ1) is 27.9. The van der Waals surface area contributed by atoms with Gasteiger partial charge in [-0.2, -0.15) is 0 Å². The molecule has 0 saturated carbocycles. The van der Waals surface area contributed by atoms with Crippen LogP contribution in [0.4, 0.5) is 0 Å². The first-order chi connectivity index (χ1) is 12.3. The van der Waals surface area contributed by atoms with Gasteiger partial charge in [0, 0.05) is 7.11 Å². The number of ether oxygens (including phenoxy) is 3. The van der Waals surface area contributed by atoms with E-state index in [2.05, 4.69) is 0 Å². The summed E-state index contributed by atoms with van der Waals surface area (Å²) in [4.78, 5) is 0. The second-order valence-corrected chi connectivity index (χ2v) is 5.91. The summed E-state index contributed by atoms with van der Waals surface area (Å²) in [6, 6.07) is 0. The van der Waals surface area contributed by atoms with E-state index in [4.69, 9.17) is 44.8 Å². The van der Waals surface area contributed by atoms with Gasteiger partial charge in [0.2, 0.25) is 5.79 Å². The Morgan fingerprint density at radius 1 is 0.692 bits per heavy atom. The summed E-state index contributed by atoms with van der Waals surface area (Å²) >= 11 is 0. The van der Waals surface area contributed by atoms with Crippen molar-refractivity contribution in [2.45, 2.75) is 63.6 Å². The van der Waals surface area contributed by atoms with Crippen molar-refractivity contribution in [1.29, 1.82) is 0 Å². The van der Waals surface area contributed by atoms with E-state index in [-0.39, 0.29) is 26.4 Å². The van der Waals surface area contributed by atoms with Crippen LogP contribution in [0.3, 0.4) is 0 Å². The van der Waals surface area contributed by atoms with Gasteiger partial charge in [-0.05, 0) is 19.3 Å². The zero-order valence-corrected chi connectivity index (χ0v) is 16.4. The summed E-state index contributed by atoms with van der Waals surface area (Å²) in [6.07, 6.45) is 0.889. The topological polar surface area (TPSA) is 149 Å². The van der Waals surface area contributed by atoms with Crippen LogP contribution < -0.4 is 0 Å². The molecule has 1 unspecified atom stereocenters. The molecule has 0 heterocycles. The van der Waals surface area contributed by atoms with E-state index in [1.54, 1.807) is 0 Å². The van der Waals surface area contributed by atoms with Gasteiger partial charge in [-0.15, -0.1) is 0 Å². The molecule has 0 aliphatic rings. The molecule has 0 fully saturated rings. The van der Waals surface area contributed by atoms with Crippen LogP contribution in [0.1, 0.15) is 40.0 Å². The Labute approximate surface area is 156 Å². The second kappa shape index (κ2) is 15.7. The van der Waals surface area contributed by atoms with E-state index in [0.717, 1.165) is 0 Å². The third kappa shape index (κ3) is 9.54. The molecule has 0 saturated heterocycles. The van der Waals surface area contributed by atoms with Crippen molar-refractivity contribution in [2.24, 2.45) is 0 Å². The lowest BCUT2D eigenvalue weighted by atomic mass is 9.98. The molecule has 0 rings (SSSR count). The summed E-state index contributed by atoms with van der Waals surface area (Å²) in [5.41, 5.74) is -0.615. The van der Waals surface area contributed by atoms with Crippen molar-refractivity contribution in [3.8, 4) is 0 Å². The van der Waals surface area contributed by atoms with Gasteiger partial charge in [0.05, 0.1) is 51.3 Å². The van der Waals surface area contributed by atoms with Crippen molar-refractivity contribution >= 4 is 0 Å². The highest BCUT2D eigenvalue weighted by Gasteiger charge is 2.32. The molecular formula is C17H38O9. The monoisotopic (exact) mass is 386 g/mol. The summed E-state index contributed by atoms with van der Waals surface area (Å²) in [5, 5.41) is 53.4. The maximum atomic E-state index is 9.13. The molecule has 0 radical (unpaired) electrons. The number of rotatable bonds is 14. The van der Waals surface area contributed by atoms with Crippen LogP contribution in [0, 0.1) is 0 Å². The molecule has 0 aromatic carbocycles. The van der Waals surface area contributed by atoms with Gasteiger partial charge in [-0.3, -0.25) is 0 Å². The van der Waals surface area contributed by atoms with Gasteiger partial charge < -0.3 is 44.8 Å². The molecule has 6 N–H and O–H groups in total. The lowest BCUT2D eigenvalue weighted by Crippen LogP contribution is -2.46. The minimum absolute atomic E-state index is 0.0868. The molecule has 0 amide bonds. The van der Waals surface area contributed by atoms with Gasteiger partial charge in [0.25, 0.3) is 0 Å². The Morgan fingerprint density at radius 2 is 1.15 bits per heavy atom. The van der Waals surface area contributed by atoms with E-state index in [1.165, 1.54) is 7.11 Å². The molecule has 160 valence electrons. The SMILES string of the molecule is CCC(CC)(CO)OC(CO)CO.CCC(CO)OC(CO)(CO)OC. The zero-order valence-electron chi connectivity index (χ0n) is 16.4. The normalized spacial score (nSPS) is 13.5. The first-order valence-corrected chi connectivity index (χ1v) is 8.91. The lowest BCUT2D eigenvalue weighted by molar-refractivity contribution is -0.282. The Balaban J connectivity index is 0.